The molecule has 0 unspecified atom stereocenters. The van der Waals surface area contributed by atoms with Crippen LogP contribution in [0.5, 0.6) is 5.75 Å². The van der Waals surface area contributed by atoms with Crippen molar-refractivity contribution in [3.05, 3.63) is 49.9 Å². The molecule has 0 radical (unpaired) electrons. The van der Waals surface area contributed by atoms with Gasteiger partial charge in [0.15, 0.2) is 0 Å². The fraction of sp³-hybridized carbons (Fsp3) is 0.536. The fourth-order valence-electron chi connectivity index (χ4n) is 4.80. The number of H-pyrrole nitrogens is 1. The molecule has 13 nitrogen and oxygen atoms in total. The van der Waals surface area contributed by atoms with Gasteiger partial charge in [0, 0.05) is 50.2 Å². The molecule has 3 aromatic rings. The normalized spacial score (nSPS) is 14.2. The molecule has 0 atom stereocenters. The van der Waals surface area contributed by atoms with E-state index in [0.29, 0.717) is 53.4 Å². The number of ether oxygens (including phenoxy) is 1. The molecule has 0 bridgehead atoms. The first kappa shape index (κ1) is 32.9. The van der Waals surface area contributed by atoms with Crippen molar-refractivity contribution in [3.63, 3.8) is 0 Å². The summed E-state index contributed by atoms with van der Waals surface area (Å²) in [5.41, 5.74) is 2.91. The molecular weight excluding hydrogens is 562 g/mol. The number of hydrogen-bond acceptors (Lipinski definition) is 11. The van der Waals surface area contributed by atoms with Crippen LogP contribution in [0.4, 0.5) is 0 Å². The zero-order valence-electron chi connectivity index (χ0n) is 25.0. The third-order valence-corrected chi connectivity index (χ3v) is 7.79. The van der Waals surface area contributed by atoms with E-state index in [1.54, 1.807) is 23.6 Å². The molecule has 0 saturated carbocycles. The highest BCUT2D eigenvalue weighted by Crippen LogP contribution is 2.35. The lowest BCUT2D eigenvalue weighted by Crippen LogP contribution is -2.44. The number of hydrogen-bond donors (Lipinski definition) is 2. The van der Waals surface area contributed by atoms with Gasteiger partial charge in [0.05, 0.1) is 24.1 Å². The predicted molar refractivity (Wildman–Crippen MR) is 164 cm³/mol. The minimum absolute atomic E-state index is 0.0634. The Morgan fingerprint density at radius 3 is 2.57 bits per heavy atom. The van der Waals surface area contributed by atoms with Gasteiger partial charge < -0.3 is 24.3 Å². The Kier molecular flexibility index (Phi) is 12.6. The Labute approximate surface area is 249 Å². The molecule has 1 aromatic carbocycles. The number of aromatic amines is 1. The second-order valence-corrected chi connectivity index (χ2v) is 10.6. The van der Waals surface area contributed by atoms with Gasteiger partial charge in [-0.05, 0) is 43.0 Å². The lowest BCUT2D eigenvalue weighted by atomic mass is 10.1. The van der Waals surface area contributed by atoms with E-state index in [0.717, 1.165) is 49.5 Å². The van der Waals surface area contributed by atoms with E-state index in [1.165, 1.54) is 6.21 Å². The first-order chi connectivity index (χ1) is 20.4. The number of nitrogens with one attached hydrogen (secondary N) is 1. The lowest BCUT2D eigenvalue weighted by molar-refractivity contribution is -0.757. The molecule has 0 spiro atoms. The Bertz CT molecular complexity index is 1420. The Balaban J connectivity index is 0.00000237. The molecule has 1 saturated heterocycles. The predicted octanol–water partition coefficient (Wildman–Crippen LogP) is 4.34. The lowest BCUT2D eigenvalue weighted by Gasteiger charge is -2.33. The number of rotatable bonds is 13. The van der Waals surface area contributed by atoms with Gasteiger partial charge in [0.2, 0.25) is 0 Å². The van der Waals surface area contributed by atoms with Crippen molar-refractivity contribution < 1.29 is 19.9 Å². The highest BCUT2D eigenvalue weighted by Gasteiger charge is 2.22. The summed E-state index contributed by atoms with van der Waals surface area (Å²) in [6.45, 7) is 12.3. The number of benzene rings is 1. The maximum absolute atomic E-state index is 13.3. The van der Waals surface area contributed by atoms with Gasteiger partial charge in [0.1, 0.15) is 29.2 Å². The molecule has 1 aliphatic rings. The van der Waals surface area contributed by atoms with Gasteiger partial charge >= 0.3 is 0 Å². The number of oxime groups is 1. The van der Waals surface area contributed by atoms with Crippen LogP contribution in [0.2, 0.25) is 0 Å². The molecule has 2 N–H and O–H groups in total. The molecule has 4 rings (SSSR count). The van der Waals surface area contributed by atoms with Gasteiger partial charge in [0.25, 0.3) is 10.6 Å². The molecule has 2 aromatic heterocycles. The van der Waals surface area contributed by atoms with Crippen LogP contribution in [0.1, 0.15) is 51.8 Å². The van der Waals surface area contributed by atoms with Crippen LogP contribution in [0.25, 0.3) is 22.4 Å². The Morgan fingerprint density at radius 2 is 1.93 bits per heavy atom. The number of fused-ring (bicyclic) bond motifs is 1. The third-order valence-electron chi connectivity index (χ3n) is 6.70. The first-order valence-corrected chi connectivity index (χ1v) is 15.1. The van der Waals surface area contributed by atoms with Crippen LogP contribution in [0, 0.1) is 10.1 Å². The number of aryl methyl sites for hydroxylation is 2. The number of nitrogens with zero attached hydrogens (tertiary/aromatic N) is 6. The summed E-state index contributed by atoms with van der Waals surface area (Å²) >= 11 is 1.61. The van der Waals surface area contributed by atoms with Crippen LogP contribution in [0.3, 0.4) is 0 Å². The van der Waals surface area contributed by atoms with Crippen LogP contribution < -0.4 is 10.3 Å². The zero-order valence-corrected chi connectivity index (χ0v) is 25.8. The van der Waals surface area contributed by atoms with Crippen LogP contribution >= 0.6 is 11.9 Å². The van der Waals surface area contributed by atoms with Crippen LogP contribution in [0.15, 0.2) is 33.0 Å². The van der Waals surface area contributed by atoms with Crippen LogP contribution in [-0.2, 0) is 18.3 Å². The maximum atomic E-state index is 13.3. The zero-order chi connectivity index (χ0) is 30.6. The molecule has 1 fully saturated rings. The average molecular weight is 604 g/mol. The molecule has 14 heteroatoms. The van der Waals surface area contributed by atoms with Crippen molar-refractivity contribution in [2.24, 2.45) is 12.2 Å². The fourth-order valence-corrected chi connectivity index (χ4v) is 5.75. The van der Waals surface area contributed by atoms with E-state index in [1.807, 2.05) is 45.9 Å². The second kappa shape index (κ2) is 16.1. The third kappa shape index (κ3) is 8.01. The van der Waals surface area contributed by atoms with E-state index < -0.39 is 5.09 Å². The van der Waals surface area contributed by atoms with E-state index >= 15 is 0 Å². The quantitative estimate of drug-likeness (QED) is 0.0949. The van der Waals surface area contributed by atoms with E-state index in [-0.39, 0.29) is 12.2 Å². The standard InChI is InChI=1S/C26H35N7O6S.C2H6/c1-4-6-19-21(17-27-35)30(3)24-23(19)28-25(29-26(24)34)20-16-18(7-8-22(20)38-14-5-2)40-32-11-9-31(10-12-32)13-15-39-33(36)37;1-2/h7-8,16-17,35H,4-6,9-15H2,1-3H3,(H,28,29,34);1-2H3/b27-17+;. The maximum Gasteiger partial charge on any atom is 0.294 e. The minimum Gasteiger partial charge on any atom is -0.493 e. The smallest absolute Gasteiger partial charge is 0.294 e. The highest BCUT2D eigenvalue weighted by atomic mass is 32.2. The first-order valence-electron chi connectivity index (χ1n) is 14.3. The van der Waals surface area contributed by atoms with Crippen molar-refractivity contribution in [3.8, 4) is 17.1 Å². The molecule has 1 aliphatic heterocycles. The summed E-state index contributed by atoms with van der Waals surface area (Å²) in [5.74, 6) is 1.05. The molecular formula is C28H41N7O6S. The molecule has 3 heterocycles. The summed E-state index contributed by atoms with van der Waals surface area (Å²) in [6.07, 6.45) is 3.68. The highest BCUT2D eigenvalue weighted by molar-refractivity contribution is 7.97. The van der Waals surface area contributed by atoms with Gasteiger partial charge in [-0.2, -0.15) is 0 Å². The summed E-state index contributed by atoms with van der Waals surface area (Å²) in [7, 11) is 1.76. The SMILES string of the molecule is CC.CCCOc1ccc(SN2CCN(CCO[N+](=O)[O-])CC2)cc1-c1nc2c(CCC)c(/C=N/O)n(C)c2c(=O)[nH]1. The van der Waals surface area contributed by atoms with Gasteiger partial charge in [-0.1, -0.05) is 39.3 Å². The monoisotopic (exact) mass is 603 g/mol. The Morgan fingerprint density at radius 1 is 1.19 bits per heavy atom. The van der Waals surface area contributed by atoms with Crippen LogP contribution in [-0.4, -0.2) is 86.2 Å². The molecule has 0 amide bonds. The minimum atomic E-state index is -0.762. The Hall–Kier alpha value is -3.62. The summed E-state index contributed by atoms with van der Waals surface area (Å²) in [4.78, 5) is 39.1. The molecule has 42 heavy (non-hydrogen) atoms. The van der Waals surface area contributed by atoms with Gasteiger partial charge in [-0.15, -0.1) is 10.1 Å². The summed E-state index contributed by atoms with van der Waals surface area (Å²) < 4.78 is 9.99. The number of aromatic nitrogens is 3. The average Bonchev–Trinajstić information content (AvgIpc) is 3.25. The van der Waals surface area contributed by atoms with Crippen molar-refractivity contribution in [1.29, 1.82) is 0 Å². The van der Waals surface area contributed by atoms with Crippen molar-refractivity contribution in [2.75, 3.05) is 45.9 Å². The van der Waals surface area contributed by atoms with Gasteiger partial charge in [-0.25, -0.2) is 9.29 Å². The van der Waals surface area contributed by atoms with E-state index in [4.69, 9.17) is 9.72 Å². The molecule has 230 valence electrons. The number of piperazine rings is 1. The molecule has 0 aliphatic carbocycles. The van der Waals surface area contributed by atoms with E-state index in [9.17, 15) is 20.1 Å². The summed E-state index contributed by atoms with van der Waals surface area (Å²) in [6, 6.07) is 5.88. The topological polar surface area (TPSA) is 151 Å². The van der Waals surface area contributed by atoms with E-state index in [2.05, 4.69) is 24.2 Å². The van der Waals surface area contributed by atoms with Crippen molar-refractivity contribution in [2.45, 2.75) is 51.9 Å². The van der Waals surface area contributed by atoms with Crippen molar-refractivity contribution in [1.82, 2.24) is 23.7 Å². The largest absolute Gasteiger partial charge is 0.493 e. The van der Waals surface area contributed by atoms with Crippen molar-refractivity contribution >= 4 is 29.2 Å². The second-order valence-electron chi connectivity index (χ2n) is 9.45. The summed E-state index contributed by atoms with van der Waals surface area (Å²) in [5, 5.41) is 22.0. The van der Waals surface area contributed by atoms with Gasteiger partial charge in [-0.3, -0.25) is 9.69 Å².